The van der Waals surface area contributed by atoms with Crippen molar-refractivity contribution < 1.29 is 18.9 Å². The summed E-state index contributed by atoms with van der Waals surface area (Å²) in [5.41, 5.74) is -0.824. The third kappa shape index (κ3) is 3.50. The van der Waals surface area contributed by atoms with E-state index < -0.39 is 22.3 Å². The third-order valence-electron chi connectivity index (χ3n) is 2.61. The summed E-state index contributed by atoms with van der Waals surface area (Å²) in [5.74, 6) is -1.90. The van der Waals surface area contributed by atoms with Crippen LogP contribution in [-0.4, -0.2) is 54.2 Å². The summed E-state index contributed by atoms with van der Waals surface area (Å²) in [7, 11) is 4.48. The first-order valence-corrected chi connectivity index (χ1v) is 5.63. The fourth-order valence-corrected chi connectivity index (χ4v) is 1.42. The van der Waals surface area contributed by atoms with Crippen LogP contribution in [0.3, 0.4) is 0 Å². The summed E-state index contributed by atoms with van der Waals surface area (Å²) in [6, 6.07) is 2.85. The number of halogens is 1. The van der Waals surface area contributed by atoms with Crippen molar-refractivity contribution in [3.8, 4) is 0 Å². The number of amides is 2. The molecule has 0 saturated heterocycles. The molecule has 0 unspecified atom stereocenters. The quantitative estimate of drug-likeness (QED) is 0.607. The van der Waals surface area contributed by atoms with Crippen molar-refractivity contribution in [2.24, 2.45) is 0 Å². The molecule has 1 aromatic rings. The zero-order valence-corrected chi connectivity index (χ0v) is 11.3. The zero-order valence-electron chi connectivity index (χ0n) is 11.3. The van der Waals surface area contributed by atoms with Gasteiger partial charge in [-0.3, -0.25) is 19.7 Å². The molecule has 0 spiro atoms. The predicted octanol–water partition coefficient (Wildman–Crippen LogP) is 0.894. The summed E-state index contributed by atoms with van der Waals surface area (Å²) in [5, 5.41) is 10.6. The third-order valence-corrected chi connectivity index (χ3v) is 2.61. The molecule has 0 fully saturated rings. The minimum Gasteiger partial charge on any atom is -0.347 e. The maximum Gasteiger partial charge on any atom is 0.305 e. The molecule has 20 heavy (non-hydrogen) atoms. The number of benzene rings is 1. The molecule has 0 heterocycles. The smallest absolute Gasteiger partial charge is 0.305 e. The monoisotopic (exact) mass is 283 g/mol. The Kier molecular flexibility index (Phi) is 4.73. The lowest BCUT2D eigenvalue weighted by Crippen LogP contribution is -2.37. The Morgan fingerprint density at radius 2 is 1.90 bits per heavy atom. The normalized spacial score (nSPS) is 10.0. The van der Waals surface area contributed by atoms with Gasteiger partial charge in [0.1, 0.15) is 0 Å². The summed E-state index contributed by atoms with van der Waals surface area (Å²) in [6.07, 6.45) is 0. The lowest BCUT2D eigenvalue weighted by atomic mass is 10.1. The van der Waals surface area contributed by atoms with Crippen LogP contribution in [-0.2, 0) is 4.79 Å². The largest absolute Gasteiger partial charge is 0.347 e. The lowest BCUT2D eigenvalue weighted by Gasteiger charge is -2.19. The van der Waals surface area contributed by atoms with Gasteiger partial charge in [0.2, 0.25) is 11.7 Å². The van der Waals surface area contributed by atoms with Crippen molar-refractivity contribution >= 4 is 17.5 Å². The highest BCUT2D eigenvalue weighted by Crippen LogP contribution is 2.19. The number of carbonyl (C=O) groups is 2. The Labute approximate surface area is 114 Å². The molecule has 0 bridgehead atoms. The fourth-order valence-electron chi connectivity index (χ4n) is 1.42. The van der Waals surface area contributed by atoms with Crippen molar-refractivity contribution in [2.45, 2.75) is 0 Å². The van der Waals surface area contributed by atoms with Gasteiger partial charge in [0.25, 0.3) is 5.91 Å². The molecular weight excluding hydrogens is 269 g/mol. The van der Waals surface area contributed by atoms with Crippen LogP contribution in [0.1, 0.15) is 10.4 Å². The van der Waals surface area contributed by atoms with E-state index in [-0.39, 0.29) is 18.0 Å². The number of hydrogen-bond acceptors (Lipinski definition) is 4. The lowest BCUT2D eigenvalue weighted by molar-refractivity contribution is -0.387. The van der Waals surface area contributed by atoms with Gasteiger partial charge in [-0.05, 0) is 12.1 Å². The van der Waals surface area contributed by atoms with E-state index in [2.05, 4.69) is 0 Å². The number of nitro groups is 1. The van der Waals surface area contributed by atoms with Crippen LogP contribution < -0.4 is 0 Å². The summed E-state index contributed by atoms with van der Waals surface area (Å²) >= 11 is 0. The molecule has 108 valence electrons. The van der Waals surface area contributed by atoms with Gasteiger partial charge in [-0.2, -0.15) is 4.39 Å². The second-order valence-corrected chi connectivity index (χ2v) is 4.37. The van der Waals surface area contributed by atoms with E-state index in [1.54, 1.807) is 14.1 Å². The van der Waals surface area contributed by atoms with E-state index in [1.165, 1.54) is 11.9 Å². The van der Waals surface area contributed by atoms with Gasteiger partial charge in [0, 0.05) is 32.8 Å². The molecule has 0 atom stereocenters. The van der Waals surface area contributed by atoms with E-state index in [4.69, 9.17) is 0 Å². The van der Waals surface area contributed by atoms with E-state index in [1.807, 2.05) is 0 Å². The molecule has 0 radical (unpaired) electrons. The van der Waals surface area contributed by atoms with Crippen LogP contribution in [0.25, 0.3) is 0 Å². The summed E-state index contributed by atoms with van der Waals surface area (Å²) in [4.78, 5) is 35.6. The van der Waals surface area contributed by atoms with Crippen LogP contribution in [0.2, 0.25) is 0 Å². The van der Waals surface area contributed by atoms with Crippen molar-refractivity contribution in [3.05, 3.63) is 39.7 Å². The fraction of sp³-hybridized carbons (Fsp3) is 0.333. The Morgan fingerprint density at radius 1 is 1.30 bits per heavy atom. The minimum absolute atomic E-state index is 0.0489. The highest BCUT2D eigenvalue weighted by atomic mass is 19.1. The molecule has 7 nitrogen and oxygen atoms in total. The van der Waals surface area contributed by atoms with E-state index in [9.17, 15) is 24.1 Å². The Hall–Kier alpha value is -2.51. The maximum absolute atomic E-state index is 13.2. The Balaban J connectivity index is 2.95. The van der Waals surface area contributed by atoms with Crippen LogP contribution in [0.4, 0.5) is 10.1 Å². The first-order chi connectivity index (χ1) is 9.23. The van der Waals surface area contributed by atoms with Crippen molar-refractivity contribution in [1.82, 2.24) is 9.80 Å². The molecular formula is C12H14FN3O4. The minimum atomic E-state index is -1.02. The van der Waals surface area contributed by atoms with Gasteiger partial charge >= 0.3 is 5.69 Å². The van der Waals surface area contributed by atoms with E-state index >= 15 is 0 Å². The first kappa shape index (κ1) is 15.5. The van der Waals surface area contributed by atoms with Gasteiger partial charge in [-0.15, -0.1) is 0 Å². The molecule has 0 aliphatic carbocycles. The second-order valence-electron chi connectivity index (χ2n) is 4.37. The number of carbonyl (C=O) groups excluding carboxylic acids is 2. The number of rotatable bonds is 4. The molecule has 0 aromatic heterocycles. The average Bonchev–Trinajstić information content (AvgIpc) is 2.37. The number of nitro benzene ring substituents is 1. The Bertz CT molecular complexity index is 560. The number of likely N-dealkylation sites (N-methyl/N-ethyl adjacent to an activating group) is 2. The molecule has 0 N–H and O–H groups in total. The SMILES string of the molecule is CN(C)C(=O)CN(C)C(=O)c1ccc(F)c([N+](=O)[O-])c1. The molecule has 1 rings (SSSR count). The van der Waals surface area contributed by atoms with Gasteiger partial charge in [0.05, 0.1) is 11.5 Å². The van der Waals surface area contributed by atoms with Crippen molar-refractivity contribution in [3.63, 3.8) is 0 Å². The van der Waals surface area contributed by atoms with Gasteiger partial charge in [0.15, 0.2) is 0 Å². The van der Waals surface area contributed by atoms with E-state index in [0.717, 1.165) is 23.1 Å². The molecule has 1 aromatic carbocycles. The Morgan fingerprint density at radius 3 is 2.40 bits per heavy atom. The van der Waals surface area contributed by atoms with Crippen LogP contribution in [0.15, 0.2) is 18.2 Å². The molecule has 0 aliphatic heterocycles. The number of hydrogen-bond donors (Lipinski definition) is 0. The van der Waals surface area contributed by atoms with Crippen molar-refractivity contribution in [1.29, 1.82) is 0 Å². The number of nitrogens with zero attached hydrogens (tertiary/aromatic N) is 3. The summed E-state index contributed by atoms with van der Waals surface area (Å²) in [6.45, 7) is -0.170. The van der Waals surface area contributed by atoms with Crippen LogP contribution >= 0.6 is 0 Å². The molecule has 0 aliphatic rings. The first-order valence-electron chi connectivity index (χ1n) is 5.63. The van der Waals surface area contributed by atoms with E-state index in [0.29, 0.717) is 0 Å². The van der Waals surface area contributed by atoms with Crippen LogP contribution in [0, 0.1) is 15.9 Å². The van der Waals surface area contributed by atoms with Gasteiger partial charge < -0.3 is 9.80 Å². The van der Waals surface area contributed by atoms with Gasteiger partial charge in [-0.1, -0.05) is 0 Å². The molecule has 0 saturated carbocycles. The highest BCUT2D eigenvalue weighted by molar-refractivity contribution is 5.96. The summed E-state index contributed by atoms with van der Waals surface area (Å²) < 4.78 is 13.2. The average molecular weight is 283 g/mol. The molecule has 8 heteroatoms. The second kappa shape index (κ2) is 6.09. The highest BCUT2D eigenvalue weighted by Gasteiger charge is 2.21. The van der Waals surface area contributed by atoms with Crippen molar-refractivity contribution in [2.75, 3.05) is 27.7 Å². The predicted molar refractivity (Wildman–Crippen MR) is 68.7 cm³/mol. The molecule has 2 amide bonds. The van der Waals surface area contributed by atoms with Gasteiger partial charge in [-0.25, -0.2) is 0 Å². The zero-order chi connectivity index (χ0) is 15.4. The maximum atomic E-state index is 13.2. The van der Waals surface area contributed by atoms with Crippen LogP contribution in [0.5, 0.6) is 0 Å². The standard InChI is InChI=1S/C12H14FN3O4/c1-14(2)11(17)7-15(3)12(18)8-4-5-9(13)10(6-8)16(19)20/h4-6H,7H2,1-3H3. The topological polar surface area (TPSA) is 83.8 Å².